The normalized spacial score (nSPS) is 12.0. The highest BCUT2D eigenvalue weighted by atomic mass is 79.9. The molecule has 3 atom stereocenters. The number of carbonyl (C=O) groups excluding carboxylic acids is 7. The van der Waals surface area contributed by atoms with E-state index in [0.29, 0.717) is 50.1 Å². The highest BCUT2D eigenvalue weighted by Crippen LogP contribution is 2.16. The largest absolute Gasteiger partial charge is 0.478 e. The lowest BCUT2D eigenvalue weighted by molar-refractivity contribution is -0.150. The summed E-state index contributed by atoms with van der Waals surface area (Å²) in [6.07, 6.45) is 7.37. The van der Waals surface area contributed by atoms with Crippen LogP contribution < -0.4 is 5.32 Å². The van der Waals surface area contributed by atoms with E-state index in [1.165, 1.54) is 35.1 Å². The summed E-state index contributed by atoms with van der Waals surface area (Å²) in [6, 6.07) is 28.4. The molecular formula is C73H113Br2N3O20. The quantitative estimate of drug-likeness (QED) is 0.0172. The van der Waals surface area contributed by atoms with Crippen molar-refractivity contribution >= 4 is 79.9 Å². The molecule has 98 heavy (non-hydrogen) atoms. The summed E-state index contributed by atoms with van der Waals surface area (Å²) in [6.45, 7) is 30.9. The third kappa shape index (κ3) is 60.2. The molecule has 0 heterocycles. The number of nitrogens with zero attached hydrogens (tertiary/aromatic N) is 2. The highest BCUT2D eigenvalue weighted by Gasteiger charge is 2.29. The molecule has 0 aliphatic rings. The molecule has 0 spiro atoms. The molecule has 0 aliphatic carbocycles. The molecule has 3 unspecified atom stereocenters. The Morgan fingerprint density at radius 2 is 0.796 bits per heavy atom. The zero-order valence-electron chi connectivity index (χ0n) is 61.1. The Morgan fingerprint density at radius 3 is 1.12 bits per heavy atom. The number of rotatable bonds is 32. The maximum Gasteiger partial charge on any atom is 0.410 e. The van der Waals surface area contributed by atoms with Gasteiger partial charge in [-0.15, -0.1) is 0 Å². The fraction of sp³-hybridized carbons (Fsp3) is 0.562. The second-order valence-corrected chi connectivity index (χ2v) is 26.0. The molecule has 3 rings (SSSR count). The van der Waals surface area contributed by atoms with E-state index < -0.39 is 47.4 Å². The molecule has 0 radical (unpaired) electrons. The summed E-state index contributed by atoms with van der Waals surface area (Å²) in [4.78, 5) is 93.3. The van der Waals surface area contributed by atoms with Crippen LogP contribution in [0.5, 0.6) is 0 Å². The smallest absolute Gasteiger partial charge is 0.410 e. The van der Waals surface area contributed by atoms with Crippen molar-refractivity contribution < 1.29 is 95.9 Å². The number of halogens is 2. The molecule has 0 bridgehead atoms. The number of carboxylic acid groups (broad SMARTS) is 1. The van der Waals surface area contributed by atoms with E-state index in [0.717, 1.165) is 22.8 Å². The van der Waals surface area contributed by atoms with Gasteiger partial charge in [0.2, 0.25) is 0 Å². The minimum Gasteiger partial charge on any atom is -0.478 e. The van der Waals surface area contributed by atoms with Gasteiger partial charge < -0.3 is 72.7 Å². The summed E-state index contributed by atoms with van der Waals surface area (Å²) >= 11 is 6.18. The molecule has 554 valence electrons. The SMILES string of the molecule is CC(C)OC(=O)/C=C/CBr.CC(C)OC(=O)/C=C/COCc1ccccc1.CC(C)OC(=O)CC(CO)N(C)C(=O)OC(C)(C)C.CC(C)OC(=O)CC(COCc1ccccc1)N(C)C(=O)OC(C)(C)C.CNC(COCc1ccccc1)CC(=O)OC(C)C.O=C(O)/C=C/CBr. The van der Waals surface area contributed by atoms with Crippen LogP contribution >= 0.6 is 31.9 Å². The Kier molecular flexibility index (Phi) is 55.2. The average Bonchev–Trinajstić information content (AvgIpc) is 0.921. The van der Waals surface area contributed by atoms with Gasteiger partial charge in [0.25, 0.3) is 0 Å². The molecule has 25 heteroatoms. The lowest BCUT2D eigenvalue weighted by atomic mass is 10.2. The molecular weight excluding hydrogens is 1400 g/mol. The lowest BCUT2D eigenvalue weighted by Gasteiger charge is -2.30. The van der Waals surface area contributed by atoms with E-state index in [-0.39, 0.29) is 86.5 Å². The number of aliphatic carboxylic acids is 1. The molecule has 0 fully saturated rings. The van der Waals surface area contributed by atoms with Crippen LogP contribution in [0.3, 0.4) is 0 Å². The van der Waals surface area contributed by atoms with Gasteiger partial charge in [-0.3, -0.25) is 14.4 Å². The van der Waals surface area contributed by atoms with Crippen molar-refractivity contribution in [3.05, 3.63) is 144 Å². The fourth-order valence-corrected chi connectivity index (χ4v) is 7.31. The van der Waals surface area contributed by atoms with Crippen molar-refractivity contribution in [3.8, 4) is 0 Å². The molecule has 23 nitrogen and oxygen atoms in total. The fourth-order valence-electron chi connectivity index (χ4n) is 6.93. The molecule has 2 amide bonds. The van der Waals surface area contributed by atoms with E-state index in [4.69, 9.17) is 52.5 Å². The Hall–Kier alpha value is -7.00. The van der Waals surface area contributed by atoms with Crippen molar-refractivity contribution in [1.82, 2.24) is 15.1 Å². The van der Waals surface area contributed by atoms with Crippen molar-refractivity contribution in [1.29, 1.82) is 0 Å². The number of hydrogen-bond donors (Lipinski definition) is 3. The molecule has 3 N–H and O–H groups in total. The highest BCUT2D eigenvalue weighted by molar-refractivity contribution is 9.09. The van der Waals surface area contributed by atoms with E-state index in [9.17, 15) is 43.5 Å². The van der Waals surface area contributed by atoms with Crippen LogP contribution in [-0.4, -0.2) is 186 Å². The number of esters is 5. The van der Waals surface area contributed by atoms with Crippen LogP contribution in [0, 0.1) is 0 Å². The first-order chi connectivity index (χ1) is 45.9. The monoisotopic (exact) mass is 1510 g/mol. The molecule has 0 saturated carbocycles. The van der Waals surface area contributed by atoms with Gasteiger partial charge >= 0.3 is 48.0 Å². The Morgan fingerprint density at radius 1 is 0.469 bits per heavy atom. The van der Waals surface area contributed by atoms with Gasteiger partial charge in [-0.25, -0.2) is 24.0 Å². The number of likely N-dealkylation sites (N-methyl/N-ethyl adjacent to an activating group) is 3. The van der Waals surface area contributed by atoms with Gasteiger partial charge in [0.05, 0.1) is 108 Å². The number of nitrogens with one attached hydrogen (secondary N) is 1. The van der Waals surface area contributed by atoms with E-state index in [2.05, 4.69) is 37.2 Å². The predicted octanol–water partition coefficient (Wildman–Crippen LogP) is 13.1. The third-order valence-corrected chi connectivity index (χ3v) is 12.0. The average molecular weight is 1510 g/mol. The van der Waals surface area contributed by atoms with Crippen molar-refractivity contribution in [2.75, 3.05) is 58.2 Å². The molecule has 3 aromatic carbocycles. The van der Waals surface area contributed by atoms with Gasteiger partial charge in [0, 0.05) is 49.0 Å². The van der Waals surface area contributed by atoms with Crippen molar-refractivity contribution in [2.45, 2.75) is 210 Å². The number of allylic oxidation sites excluding steroid dienone is 2. The third-order valence-electron chi connectivity index (χ3n) is 11.2. The van der Waals surface area contributed by atoms with Crippen LogP contribution in [0.15, 0.2) is 127 Å². The minimum atomic E-state index is -0.903. The van der Waals surface area contributed by atoms with Gasteiger partial charge in [-0.1, -0.05) is 141 Å². The van der Waals surface area contributed by atoms with Gasteiger partial charge in [-0.05, 0) is 135 Å². The summed E-state index contributed by atoms with van der Waals surface area (Å²) in [5.74, 6) is -2.54. The maximum atomic E-state index is 12.3. The van der Waals surface area contributed by atoms with Gasteiger partial charge in [-0.2, -0.15) is 0 Å². The van der Waals surface area contributed by atoms with Crippen LogP contribution in [0.1, 0.15) is 147 Å². The van der Waals surface area contributed by atoms with E-state index >= 15 is 0 Å². The number of carbonyl (C=O) groups is 8. The topological polar surface area (TPSA) is 288 Å². The number of amides is 2. The second kappa shape index (κ2) is 56.8. The zero-order valence-corrected chi connectivity index (χ0v) is 64.3. The second-order valence-electron chi connectivity index (χ2n) is 24.7. The number of carboxylic acids is 1. The lowest BCUT2D eigenvalue weighted by Crippen LogP contribution is -2.44. The molecule has 0 saturated heterocycles. The molecule has 3 aromatic rings. The summed E-state index contributed by atoms with van der Waals surface area (Å²) in [5.41, 5.74) is 2.03. The minimum absolute atomic E-state index is 0.0186. The molecule has 0 aliphatic heterocycles. The summed E-state index contributed by atoms with van der Waals surface area (Å²) in [5, 5.41) is 21.6. The van der Waals surface area contributed by atoms with Crippen LogP contribution in [-0.2, 0) is 96.0 Å². The number of benzene rings is 3. The summed E-state index contributed by atoms with van der Waals surface area (Å²) in [7, 11) is 4.91. The number of alkyl halides is 2. The van der Waals surface area contributed by atoms with Crippen molar-refractivity contribution in [2.24, 2.45) is 0 Å². The number of hydrogen-bond acceptors (Lipinski definition) is 20. The molecule has 0 aromatic heterocycles. The number of aliphatic hydroxyl groups excluding tert-OH is 1. The zero-order chi connectivity index (χ0) is 75.2. The first-order valence-electron chi connectivity index (χ1n) is 32.3. The Balaban J connectivity index is -0.00000115. The van der Waals surface area contributed by atoms with Crippen LogP contribution in [0.25, 0.3) is 0 Å². The van der Waals surface area contributed by atoms with Crippen LogP contribution in [0.4, 0.5) is 9.59 Å². The van der Waals surface area contributed by atoms with E-state index in [1.807, 2.05) is 140 Å². The number of ether oxygens (including phenoxy) is 10. The first-order valence-corrected chi connectivity index (χ1v) is 34.5. The van der Waals surface area contributed by atoms with Gasteiger partial charge in [0.1, 0.15) is 11.2 Å². The first kappa shape index (κ1) is 95.2. The Labute approximate surface area is 599 Å². The Bertz CT molecular complexity index is 2720. The summed E-state index contributed by atoms with van der Waals surface area (Å²) < 4.78 is 52.3. The van der Waals surface area contributed by atoms with Crippen molar-refractivity contribution in [3.63, 3.8) is 0 Å². The predicted molar refractivity (Wildman–Crippen MR) is 386 cm³/mol. The van der Waals surface area contributed by atoms with Gasteiger partial charge in [0.15, 0.2) is 0 Å². The standard InChI is InChI=1S/C20H31NO5.C15H23NO3.C14H18O3.C13H25NO5.C7H11BrO2.C4H5BrO2/c1-15(2)25-18(22)12-17(21(6)19(23)26-20(3,4)5)14-24-13-16-10-8-7-9-11-16;1-12(2)19-15(17)9-14(16-3)11-18-10-13-7-5-4-6-8-13;1-12(2)17-14(15)9-6-10-16-11-13-7-4-3-5-8-13;1-9(2)18-11(16)7-10(8-15)14(6)12(17)19-13(3,4)5;1-6(2)10-7(9)4-3-5-8;5-3-1-2-4(6)7/h7-11,15,17H,12-14H2,1-6H3;4-8,12,14,16H,9-11H2,1-3H3;3-9,12H,10-11H2,1-2H3;9-10,15H,7-8H2,1-6H3;3-4,6H,5H2,1-2H3;1-2H,3H2,(H,6,7)/b;;9-6+;;4-3+;2-1+. The maximum absolute atomic E-state index is 12.3. The van der Waals surface area contributed by atoms with Crippen LogP contribution in [0.2, 0.25) is 0 Å². The van der Waals surface area contributed by atoms with E-state index in [1.54, 1.807) is 88.4 Å². The number of aliphatic hydroxyl groups is 1.